The minimum atomic E-state index is -0.270. The normalized spacial score (nSPS) is 10.8. The van der Waals surface area contributed by atoms with E-state index in [1.54, 1.807) is 24.8 Å². The van der Waals surface area contributed by atoms with Gasteiger partial charge in [0.15, 0.2) is 0 Å². The number of urea groups is 1. The number of rotatable bonds is 4. The molecule has 3 aromatic heterocycles. The molecule has 4 rings (SSSR count). The summed E-state index contributed by atoms with van der Waals surface area (Å²) in [6, 6.07) is 9.27. The average molecular weight is 347 g/mol. The summed E-state index contributed by atoms with van der Waals surface area (Å²) in [6.45, 7) is 0.411. The molecule has 0 aliphatic carbocycles. The Morgan fingerprint density at radius 2 is 2.04 bits per heavy atom. The largest absolute Gasteiger partial charge is 0.334 e. The number of fused-ring (bicyclic) bond motifs is 1. The van der Waals surface area contributed by atoms with Crippen molar-refractivity contribution in [3.8, 4) is 11.3 Å². The highest BCUT2D eigenvalue weighted by molar-refractivity contribution is 5.93. The Bertz CT molecular complexity index is 1040. The van der Waals surface area contributed by atoms with Crippen LogP contribution in [0.15, 0.2) is 55.1 Å². The molecule has 3 N–H and O–H groups in total. The van der Waals surface area contributed by atoms with Crippen LogP contribution < -0.4 is 10.6 Å². The number of aromatic amines is 1. The molecule has 0 radical (unpaired) electrons. The molecule has 1 aromatic carbocycles. The van der Waals surface area contributed by atoms with Crippen molar-refractivity contribution in [1.82, 2.24) is 30.3 Å². The third kappa shape index (κ3) is 3.12. The number of anilines is 1. The molecule has 0 saturated heterocycles. The Hall–Kier alpha value is -3.68. The zero-order chi connectivity index (χ0) is 17.9. The van der Waals surface area contributed by atoms with Gasteiger partial charge in [-0.3, -0.25) is 14.8 Å². The fourth-order valence-corrected chi connectivity index (χ4v) is 2.76. The fourth-order valence-electron chi connectivity index (χ4n) is 2.76. The second kappa shape index (κ2) is 6.67. The molecule has 0 aliphatic rings. The van der Waals surface area contributed by atoms with Crippen LogP contribution in [0.3, 0.4) is 0 Å². The number of pyridine rings is 1. The molecule has 0 spiro atoms. The van der Waals surface area contributed by atoms with Crippen molar-refractivity contribution in [2.75, 3.05) is 5.32 Å². The SMILES string of the molecule is Cn1nc(-c2ccc(NC(=O)NCc3cn[nH]c3)cc2)c2ccncc21. The third-order valence-electron chi connectivity index (χ3n) is 4.08. The second-order valence-corrected chi connectivity index (χ2v) is 5.86. The summed E-state index contributed by atoms with van der Waals surface area (Å²) in [6.07, 6.45) is 6.96. The van der Waals surface area contributed by atoms with Gasteiger partial charge in [0.2, 0.25) is 0 Å². The van der Waals surface area contributed by atoms with Gasteiger partial charge in [-0.2, -0.15) is 10.2 Å². The number of carbonyl (C=O) groups excluding carboxylic acids is 1. The number of amides is 2. The van der Waals surface area contributed by atoms with E-state index < -0.39 is 0 Å². The highest BCUT2D eigenvalue weighted by Crippen LogP contribution is 2.27. The predicted molar refractivity (Wildman–Crippen MR) is 98.4 cm³/mol. The van der Waals surface area contributed by atoms with Gasteiger partial charge in [-0.05, 0) is 18.2 Å². The first kappa shape index (κ1) is 15.8. The molecule has 130 valence electrons. The van der Waals surface area contributed by atoms with Gasteiger partial charge in [-0.25, -0.2) is 4.79 Å². The van der Waals surface area contributed by atoms with Gasteiger partial charge in [-0.15, -0.1) is 0 Å². The summed E-state index contributed by atoms with van der Waals surface area (Å²) in [7, 11) is 1.90. The Labute approximate surface area is 149 Å². The Morgan fingerprint density at radius 1 is 1.19 bits per heavy atom. The van der Waals surface area contributed by atoms with Crippen molar-refractivity contribution >= 4 is 22.6 Å². The van der Waals surface area contributed by atoms with Crippen LogP contribution in [0.4, 0.5) is 10.5 Å². The number of aromatic nitrogens is 5. The number of hydrogen-bond acceptors (Lipinski definition) is 4. The minimum absolute atomic E-state index is 0.270. The van der Waals surface area contributed by atoms with Crippen molar-refractivity contribution in [2.45, 2.75) is 6.54 Å². The molecule has 3 heterocycles. The van der Waals surface area contributed by atoms with Crippen LogP contribution in [0.1, 0.15) is 5.56 Å². The van der Waals surface area contributed by atoms with Crippen molar-refractivity contribution in [1.29, 1.82) is 0 Å². The molecule has 0 fully saturated rings. The van der Waals surface area contributed by atoms with Crippen LogP contribution in [0.5, 0.6) is 0 Å². The lowest BCUT2D eigenvalue weighted by Gasteiger charge is -2.07. The summed E-state index contributed by atoms with van der Waals surface area (Å²) < 4.78 is 1.81. The average Bonchev–Trinajstić information content (AvgIpc) is 3.29. The summed E-state index contributed by atoms with van der Waals surface area (Å²) in [4.78, 5) is 16.1. The Morgan fingerprint density at radius 3 is 2.81 bits per heavy atom. The monoisotopic (exact) mass is 347 g/mol. The quantitative estimate of drug-likeness (QED) is 0.528. The van der Waals surface area contributed by atoms with Crippen LogP contribution in [0.2, 0.25) is 0 Å². The molecule has 26 heavy (non-hydrogen) atoms. The van der Waals surface area contributed by atoms with Crippen molar-refractivity contribution < 1.29 is 4.79 Å². The molecule has 8 heteroatoms. The van der Waals surface area contributed by atoms with Crippen molar-refractivity contribution in [3.05, 3.63) is 60.7 Å². The predicted octanol–water partition coefficient (Wildman–Crippen LogP) is 2.68. The number of aryl methyl sites for hydroxylation is 1. The Balaban J connectivity index is 1.47. The number of H-pyrrole nitrogens is 1. The number of nitrogens with zero attached hydrogens (tertiary/aromatic N) is 4. The van der Waals surface area contributed by atoms with Gasteiger partial charge in [0.05, 0.1) is 17.9 Å². The van der Waals surface area contributed by atoms with Gasteiger partial charge in [-0.1, -0.05) is 12.1 Å². The first-order valence-electron chi connectivity index (χ1n) is 8.10. The van der Waals surface area contributed by atoms with E-state index in [4.69, 9.17) is 0 Å². The standard InChI is InChI=1S/C18H17N7O/c1-25-16-11-19-7-6-15(16)17(24-25)13-2-4-14(5-3-13)23-18(26)20-8-12-9-21-22-10-12/h2-7,9-11H,8H2,1H3,(H,21,22)(H2,20,23,26). The van der Waals surface area contributed by atoms with E-state index >= 15 is 0 Å². The molecule has 0 atom stereocenters. The van der Waals surface area contributed by atoms with E-state index in [1.807, 2.05) is 42.1 Å². The summed E-state index contributed by atoms with van der Waals surface area (Å²) >= 11 is 0. The van der Waals surface area contributed by atoms with E-state index in [9.17, 15) is 4.79 Å². The van der Waals surface area contributed by atoms with Gasteiger partial charge in [0.25, 0.3) is 0 Å². The molecule has 4 aromatic rings. The molecule has 8 nitrogen and oxygen atoms in total. The summed E-state index contributed by atoms with van der Waals surface area (Å²) in [5.74, 6) is 0. The smallest absolute Gasteiger partial charge is 0.319 e. The fraction of sp³-hybridized carbons (Fsp3) is 0.111. The number of hydrogen-bond donors (Lipinski definition) is 3. The van der Waals surface area contributed by atoms with Crippen LogP contribution in [0.25, 0.3) is 22.2 Å². The zero-order valence-electron chi connectivity index (χ0n) is 14.1. The first-order valence-corrected chi connectivity index (χ1v) is 8.10. The third-order valence-corrected chi connectivity index (χ3v) is 4.08. The van der Waals surface area contributed by atoms with E-state index in [1.165, 1.54) is 0 Å². The maximum absolute atomic E-state index is 12.0. The number of nitrogens with one attached hydrogen (secondary N) is 3. The van der Waals surface area contributed by atoms with Gasteiger partial charge in [0, 0.05) is 48.2 Å². The molecule has 0 unspecified atom stereocenters. The second-order valence-electron chi connectivity index (χ2n) is 5.86. The Kier molecular flexibility index (Phi) is 4.06. The molecular weight excluding hydrogens is 330 g/mol. The zero-order valence-corrected chi connectivity index (χ0v) is 14.1. The lowest BCUT2D eigenvalue weighted by Crippen LogP contribution is -2.27. The van der Waals surface area contributed by atoms with Crippen molar-refractivity contribution in [2.24, 2.45) is 7.05 Å². The highest BCUT2D eigenvalue weighted by Gasteiger charge is 2.10. The molecule has 0 bridgehead atoms. The minimum Gasteiger partial charge on any atom is -0.334 e. The summed E-state index contributed by atoms with van der Waals surface area (Å²) in [5, 5.41) is 17.7. The summed E-state index contributed by atoms with van der Waals surface area (Å²) in [5.41, 5.74) is 4.46. The van der Waals surface area contributed by atoms with E-state index in [0.717, 1.165) is 27.7 Å². The molecule has 0 aliphatic heterocycles. The topological polar surface area (TPSA) is 101 Å². The maximum Gasteiger partial charge on any atom is 0.319 e. The maximum atomic E-state index is 12.0. The molecule has 2 amide bonds. The lowest BCUT2D eigenvalue weighted by molar-refractivity contribution is 0.251. The van der Waals surface area contributed by atoms with Crippen LogP contribution in [-0.4, -0.2) is 31.0 Å². The van der Waals surface area contributed by atoms with E-state index in [2.05, 4.69) is 30.9 Å². The first-order chi connectivity index (χ1) is 12.7. The molecular formula is C18H17N7O. The van der Waals surface area contributed by atoms with E-state index in [-0.39, 0.29) is 6.03 Å². The van der Waals surface area contributed by atoms with Crippen LogP contribution in [0, 0.1) is 0 Å². The van der Waals surface area contributed by atoms with Crippen LogP contribution >= 0.6 is 0 Å². The van der Waals surface area contributed by atoms with Gasteiger partial charge >= 0.3 is 6.03 Å². The van der Waals surface area contributed by atoms with Crippen LogP contribution in [-0.2, 0) is 13.6 Å². The number of benzene rings is 1. The van der Waals surface area contributed by atoms with E-state index in [0.29, 0.717) is 12.2 Å². The molecule has 0 saturated carbocycles. The van der Waals surface area contributed by atoms with Crippen molar-refractivity contribution in [3.63, 3.8) is 0 Å². The number of carbonyl (C=O) groups is 1. The van der Waals surface area contributed by atoms with Gasteiger partial charge in [0.1, 0.15) is 5.69 Å². The highest BCUT2D eigenvalue weighted by atomic mass is 16.2. The lowest BCUT2D eigenvalue weighted by atomic mass is 10.1. The van der Waals surface area contributed by atoms with Gasteiger partial charge < -0.3 is 10.6 Å².